The highest BCUT2D eigenvalue weighted by Gasteiger charge is 2.37. The van der Waals surface area contributed by atoms with Gasteiger partial charge < -0.3 is 0 Å². The molecule has 1 saturated heterocycles. The van der Waals surface area contributed by atoms with Gasteiger partial charge in [-0.3, -0.25) is 9.35 Å². The Morgan fingerprint density at radius 2 is 2.10 bits per heavy atom. The van der Waals surface area contributed by atoms with Gasteiger partial charge in [-0.2, -0.15) is 8.42 Å². The first kappa shape index (κ1) is 19.2. The Morgan fingerprint density at radius 3 is 2.67 bits per heavy atom. The van der Waals surface area contributed by atoms with Crippen LogP contribution in [0.15, 0.2) is 0 Å². The minimum absolute atomic E-state index is 0.161. The van der Waals surface area contributed by atoms with Gasteiger partial charge >= 0.3 is 0 Å². The fraction of sp³-hybridized carbons (Fsp3) is 0.857. The van der Waals surface area contributed by atoms with E-state index in [2.05, 4.69) is 6.92 Å². The molecule has 0 spiro atoms. The molecule has 7 heteroatoms. The first-order valence-electron chi connectivity index (χ1n) is 7.45. The third kappa shape index (κ3) is 9.01. The number of carbonyl (C=O) groups is 1. The van der Waals surface area contributed by atoms with E-state index in [1.807, 2.05) is 23.5 Å². The lowest BCUT2D eigenvalue weighted by Gasteiger charge is -2.18. The Labute approximate surface area is 137 Å². The maximum absolute atomic E-state index is 12.0. The number of ketones is 1. The summed E-state index contributed by atoms with van der Waals surface area (Å²) in [5, 5.41) is 1.33. The maximum atomic E-state index is 12.0. The molecule has 1 N–H and O–H groups in total. The third-order valence-electron chi connectivity index (χ3n) is 3.45. The van der Waals surface area contributed by atoms with Crippen LogP contribution in [0.4, 0.5) is 0 Å². The minimum atomic E-state index is -3.90. The standard InChI is InChI=1S/C14H24O4S3/c1-2-3-6-13(15)10-12(5-4-9-21(16,17)18)14-11-19-7-8-20-14/h12H,2-11H2,1H3/p+1. The number of thioether (sulfide) groups is 2. The van der Waals surface area contributed by atoms with Gasteiger partial charge in [0, 0.05) is 17.9 Å². The SMILES string of the molecule is CCCCC(=O)CC(CCCS(=O)(=O)O)[C+]1CSCCS1. The van der Waals surface area contributed by atoms with Crippen LogP contribution in [0, 0.1) is 11.2 Å². The molecule has 0 aromatic rings. The first-order chi connectivity index (χ1) is 9.92. The molecule has 1 rings (SSSR count). The first-order valence-corrected chi connectivity index (χ1v) is 11.2. The molecule has 0 amide bonds. The summed E-state index contributed by atoms with van der Waals surface area (Å²) >= 11 is 3.71. The van der Waals surface area contributed by atoms with Crippen LogP contribution in [0.1, 0.15) is 45.4 Å². The zero-order valence-corrected chi connectivity index (χ0v) is 15.0. The highest BCUT2D eigenvalue weighted by Crippen LogP contribution is 2.40. The number of unbranched alkanes of at least 4 members (excludes halogenated alkanes) is 1. The number of hydrogen-bond donors (Lipinski definition) is 1. The Balaban J connectivity index is 2.50. The Kier molecular flexibility index (Phi) is 9.16. The molecule has 1 aliphatic heterocycles. The molecule has 1 heterocycles. The van der Waals surface area contributed by atoms with Crippen LogP contribution < -0.4 is 0 Å². The number of carbonyl (C=O) groups excluding carboxylic acids is 1. The van der Waals surface area contributed by atoms with E-state index in [1.54, 1.807) is 0 Å². The number of rotatable bonds is 10. The molecule has 0 aliphatic carbocycles. The van der Waals surface area contributed by atoms with Crippen molar-refractivity contribution in [1.29, 1.82) is 0 Å². The summed E-state index contributed by atoms with van der Waals surface area (Å²) in [6, 6.07) is 0. The summed E-state index contributed by atoms with van der Waals surface area (Å²) in [5.74, 6) is 3.39. The van der Waals surface area contributed by atoms with E-state index >= 15 is 0 Å². The van der Waals surface area contributed by atoms with Crippen LogP contribution in [0.3, 0.4) is 0 Å². The quantitative estimate of drug-likeness (QED) is 0.479. The smallest absolute Gasteiger partial charge is 0.264 e. The van der Waals surface area contributed by atoms with Crippen LogP contribution in [0.5, 0.6) is 0 Å². The van der Waals surface area contributed by atoms with E-state index in [0.29, 0.717) is 25.7 Å². The van der Waals surface area contributed by atoms with Crippen molar-refractivity contribution in [2.75, 3.05) is 23.0 Å². The molecule has 4 nitrogen and oxygen atoms in total. The predicted octanol–water partition coefficient (Wildman–Crippen LogP) is 3.43. The second kappa shape index (κ2) is 10.0. The summed E-state index contributed by atoms with van der Waals surface area (Å²) in [6.45, 7) is 2.07. The van der Waals surface area contributed by atoms with Gasteiger partial charge in [0.2, 0.25) is 0 Å². The van der Waals surface area contributed by atoms with E-state index in [4.69, 9.17) is 4.55 Å². The summed E-state index contributed by atoms with van der Waals surface area (Å²) in [5.41, 5.74) is 0. The van der Waals surface area contributed by atoms with E-state index in [1.165, 1.54) is 5.25 Å². The van der Waals surface area contributed by atoms with Crippen LogP contribution in [-0.4, -0.2) is 41.8 Å². The van der Waals surface area contributed by atoms with Crippen LogP contribution in [0.25, 0.3) is 0 Å². The van der Waals surface area contributed by atoms with Gasteiger partial charge in [-0.05, 0) is 19.3 Å². The van der Waals surface area contributed by atoms with Gasteiger partial charge in [-0.15, -0.1) is 11.8 Å². The largest absolute Gasteiger partial charge is 0.300 e. The number of Topliss-reactive ketones (excluding diaryl/α,β-unsaturated/α-hetero) is 1. The van der Waals surface area contributed by atoms with Gasteiger partial charge in [0.15, 0.2) is 5.25 Å². The Bertz CT molecular complexity index is 402. The van der Waals surface area contributed by atoms with E-state index in [-0.39, 0.29) is 17.5 Å². The lowest BCUT2D eigenvalue weighted by Crippen LogP contribution is -2.21. The van der Waals surface area contributed by atoms with Crippen molar-refractivity contribution >= 4 is 39.4 Å². The van der Waals surface area contributed by atoms with Crippen molar-refractivity contribution in [2.45, 2.75) is 45.4 Å². The molecule has 1 unspecified atom stereocenters. The zero-order valence-electron chi connectivity index (χ0n) is 12.5. The van der Waals surface area contributed by atoms with Gasteiger partial charge in [0.1, 0.15) is 17.5 Å². The molecule has 1 atom stereocenters. The van der Waals surface area contributed by atoms with Gasteiger partial charge in [-0.1, -0.05) is 13.3 Å². The van der Waals surface area contributed by atoms with Crippen molar-refractivity contribution < 1.29 is 17.8 Å². The molecule has 1 fully saturated rings. The maximum Gasteiger partial charge on any atom is 0.264 e. The molecule has 21 heavy (non-hydrogen) atoms. The molecule has 0 aromatic carbocycles. The predicted molar refractivity (Wildman–Crippen MR) is 91.3 cm³/mol. The summed E-state index contributed by atoms with van der Waals surface area (Å²) in [7, 11) is -3.90. The molecular weight excluding hydrogens is 328 g/mol. The normalized spacial score (nSPS) is 17.7. The highest BCUT2D eigenvalue weighted by molar-refractivity contribution is 8.08. The van der Waals surface area contributed by atoms with Crippen LogP contribution in [-0.2, 0) is 14.9 Å². The highest BCUT2D eigenvalue weighted by atomic mass is 32.2. The second-order valence-electron chi connectivity index (χ2n) is 5.34. The van der Waals surface area contributed by atoms with Gasteiger partial charge in [0.25, 0.3) is 10.1 Å². The van der Waals surface area contributed by atoms with Crippen molar-refractivity contribution in [3.63, 3.8) is 0 Å². The summed E-state index contributed by atoms with van der Waals surface area (Å²) in [6.07, 6.45) is 4.17. The third-order valence-corrected chi connectivity index (χ3v) is 6.96. The average Bonchev–Trinajstić information content (AvgIpc) is 2.43. The van der Waals surface area contributed by atoms with Crippen molar-refractivity contribution in [1.82, 2.24) is 0 Å². The fourth-order valence-electron chi connectivity index (χ4n) is 2.32. The molecule has 0 bridgehead atoms. The summed E-state index contributed by atoms with van der Waals surface area (Å²) < 4.78 is 30.5. The molecule has 0 aromatic heterocycles. The monoisotopic (exact) mass is 353 g/mol. The van der Waals surface area contributed by atoms with Crippen molar-refractivity contribution in [3.05, 3.63) is 5.25 Å². The summed E-state index contributed by atoms with van der Waals surface area (Å²) in [4.78, 5) is 12.0. The van der Waals surface area contributed by atoms with Crippen molar-refractivity contribution in [3.8, 4) is 0 Å². The van der Waals surface area contributed by atoms with Crippen LogP contribution in [0.2, 0.25) is 0 Å². The molecule has 1 aliphatic rings. The molecule has 122 valence electrons. The molecule has 0 radical (unpaired) electrons. The second-order valence-corrected chi connectivity index (χ2v) is 9.24. The van der Waals surface area contributed by atoms with Gasteiger partial charge in [0.05, 0.1) is 23.9 Å². The van der Waals surface area contributed by atoms with Crippen LogP contribution >= 0.6 is 23.5 Å². The molecular formula is C14H25O4S3+. The Hall–Kier alpha value is 0.150. The zero-order chi connectivity index (χ0) is 15.7. The molecule has 0 saturated carbocycles. The lowest BCUT2D eigenvalue weighted by molar-refractivity contribution is -0.119. The minimum Gasteiger partial charge on any atom is -0.300 e. The lowest BCUT2D eigenvalue weighted by atomic mass is 9.92. The van der Waals surface area contributed by atoms with E-state index in [0.717, 1.165) is 30.1 Å². The van der Waals surface area contributed by atoms with Crippen molar-refractivity contribution in [2.24, 2.45) is 5.92 Å². The average molecular weight is 354 g/mol. The van der Waals surface area contributed by atoms with E-state index < -0.39 is 10.1 Å². The van der Waals surface area contributed by atoms with E-state index in [9.17, 15) is 13.2 Å². The topological polar surface area (TPSA) is 71.4 Å². The number of hydrogen-bond acceptors (Lipinski definition) is 5. The Morgan fingerprint density at radius 1 is 1.33 bits per heavy atom. The van der Waals surface area contributed by atoms with Gasteiger partial charge in [-0.25, -0.2) is 0 Å². The fourth-order valence-corrected chi connectivity index (χ4v) is 5.52.